The molecule has 0 amide bonds. The van der Waals surface area contributed by atoms with Crippen LogP contribution < -0.4 is 10.3 Å². The molecule has 0 spiro atoms. The molecule has 0 aliphatic heterocycles. The molecule has 0 fully saturated rings. The first-order valence-corrected chi connectivity index (χ1v) is 5.06. The van der Waals surface area contributed by atoms with Crippen molar-refractivity contribution in [1.82, 2.24) is 15.0 Å². The molecule has 2 aromatic rings. The number of aromatic amines is 1. The number of H-pyrrole nitrogens is 1. The minimum atomic E-state index is -1.35. The number of hydrogen-bond donors (Lipinski definition) is 2. The number of aromatic nitrogens is 3. The molecule has 0 radical (unpaired) electrons. The predicted molar refractivity (Wildman–Crippen MR) is 61.6 cm³/mol. The van der Waals surface area contributed by atoms with Crippen LogP contribution in [0.1, 0.15) is 10.5 Å². The maximum atomic E-state index is 13.0. The van der Waals surface area contributed by atoms with Crippen LogP contribution >= 0.6 is 0 Å². The molecular formula is C11H8FN3O4. The second-order valence-electron chi connectivity index (χ2n) is 3.49. The molecule has 0 saturated heterocycles. The Kier molecular flexibility index (Phi) is 3.23. The van der Waals surface area contributed by atoms with Crippen LogP contribution in [0.2, 0.25) is 0 Å². The van der Waals surface area contributed by atoms with Gasteiger partial charge < -0.3 is 14.8 Å². The summed E-state index contributed by atoms with van der Waals surface area (Å²) in [6.07, 6.45) is 0.908. The number of methoxy groups -OCH3 is 1. The van der Waals surface area contributed by atoms with E-state index in [1.165, 1.54) is 7.11 Å². The monoisotopic (exact) mass is 265 g/mol. The highest BCUT2D eigenvalue weighted by molar-refractivity contribution is 5.85. The molecule has 2 rings (SSSR count). The van der Waals surface area contributed by atoms with Gasteiger partial charge in [-0.3, -0.25) is 4.79 Å². The average molecular weight is 265 g/mol. The highest BCUT2D eigenvalue weighted by Gasteiger charge is 2.15. The number of nitrogens with zero attached hydrogens (tertiary/aromatic N) is 2. The van der Waals surface area contributed by atoms with Gasteiger partial charge in [0.25, 0.3) is 5.56 Å². The topological polar surface area (TPSA) is 105 Å². The Labute approximate surface area is 105 Å². The quantitative estimate of drug-likeness (QED) is 0.845. The molecular weight excluding hydrogens is 257 g/mol. The van der Waals surface area contributed by atoms with E-state index in [4.69, 9.17) is 9.84 Å². The maximum Gasteiger partial charge on any atom is 0.354 e. The van der Waals surface area contributed by atoms with Crippen LogP contribution in [-0.4, -0.2) is 33.1 Å². The van der Waals surface area contributed by atoms with E-state index >= 15 is 0 Å². The number of hydrogen-bond acceptors (Lipinski definition) is 5. The van der Waals surface area contributed by atoms with Crippen molar-refractivity contribution in [3.8, 4) is 17.3 Å². The molecule has 0 bridgehead atoms. The van der Waals surface area contributed by atoms with Crippen molar-refractivity contribution >= 4 is 5.97 Å². The summed E-state index contributed by atoms with van der Waals surface area (Å²) in [6.45, 7) is 0. The highest BCUT2D eigenvalue weighted by Crippen LogP contribution is 2.24. The van der Waals surface area contributed by atoms with Gasteiger partial charge in [-0.25, -0.2) is 19.2 Å². The minimum Gasteiger partial charge on any atom is -0.494 e. The smallest absolute Gasteiger partial charge is 0.354 e. The summed E-state index contributed by atoms with van der Waals surface area (Å²) in [5.74, 6) is -2.06. The zero-order valence-corrected chi connectivity index (χ0v) is 9.68. The van der Waals surface area contributed by atoms with E-state index < -0.39 is 23.0 Å². The van der Waals surface area contributed by atoms with Crippen molar-refractivity contribution in [2.24, 2.45) is 0 Å². The van der Waals surface area contributed by atoms with E-state index in [1.54, 1.807) is 0 Å². The van der Waals surface area contributed by atoms with Gasteiger partial charge in [-0.1, -0.05) is 0 Å². The third-order valence-corrected chi connectivity index (χ3v) is 2.22. The first-order valence-electron chi connectivity index (χ1n) is 5.06. The highest BCUT2D eigenvalue weighted by atomic mass is 19.1. The largest absolute Gasteiger partial charge is 0.494 e. The van der Waals surface area contributed by atoms with Crippen LogP contribution in [0.25, 0.3) is 11.5 Å². The zero-order valence-electron chi connectivity index (χ0n) is 9.68. The van der Waals surface area contributed by atoms with Crippen molar-refractivity contribution < 1.29 is 19.0 Å². The molecule has 2 aromatic heterocycles. The second kappa shape index (κ2) is 4.84. The molecule has 2 heterocycles. The fourth-order valence-electron chi connectivity index (χ4n) is 1.43. The summed E-state index contributed by atoms with van der Waals surface area (Å²) in [7, 11) is 1.29. The molecule has 2 N–H and O–H groups in total. The standard InChI is InChI=1S/C11H8FN3O4/c1-19-7-2-5(12)4-13-9(7)10-14-6(11(17)18)3-8(16)15-10/h2-4H,1H3,(H,17,18)(H,14,15,16). The van der Waals surface area contributed by atoms with E-state index in [1.807, 2.05) is 0 Å². The Morgan fingerprint density at radius 3 is 2.84 bits per heavy atom. The van der Waals surface area contributed by atoms with Gasteiger partial charge in [-0.05, 0) is 0 Å². The lowest BCUT2D eigenvalue weighted by atomic mass is 10.3. The van der Waals surface area contributed by atoms with Crippen molar-refractivity contribution in [3.05, 3.63) is 40.2 Å². The molecule has 98 valence electrons. The second-order valence-corrected chi connectivity index (χ2v) is 3.49. The fraction of sp³-hybridized carbons (Fsp3) is 0.0909. The lowest BCUT2D eigenvalue weighted by molar-refractivity contribution is 0.0690. The number of halogens is 1. The van der Waals surface area contributed by atoms with Crippen molar-refractivity contribution in [2.75, 3.05) is 7.11 Å². The van der Waals surface area contributed by atoms with Gasteiger partial charge in [0.15, 0.2) is 17.3 Å². The molecule has 0 aliphatic rings. The normalized spacial score (nSPS) is 10.2. The molecule has 0 atom stereocenters. The predicted octanol–water partition coefficient (Wildman–Crippen LogP) is 0.678. The molecule has 0 aromatic carbocycles. The number of ether oxygens (including phenoxy) is 1. The van der Waals surface area contributed by atoms with E-state index in [2.05, 4.69) is 15.0 Å². The summed E-state index contributed by atoms with van der Waals surface area (Å²) in [4.78, 5) is 31.9. The lowest BCUT2D eigenvalue weighted by Gasteiger charge is -2.06. The summed E-state index contributed by atoms with van der Waals surface area (Å²) < 4.78 is 17.9. The van der Waals surface area contributed by atoms with Gasteiger partial charge in [-0.2, -0.15) is 0 Å². The summed E-state index contributed by atoms with van der Waals surface area (Å²) in [5, 5.41) is 8.82. The van der Waals surface area contributed by atoms with Gasteiger partial charge >= 0.3 is 5.97 Å². The number of carbonyl (C=O) groups is 1. The van der Waals surface area contributed by atoms with Crippen LogP contribution in [0.3, 0.4) is 0 Å². The van der Waals surface area contributed by atoms with Gasteiger partial charge in [0.05, 0.1) is 13.3 Å². The number of nitrogens with one attached hydrogen (secondary N) is 1. The van der Waals surface area contributed by atoms with Crippen molar-refractivity contribution in [2.45, 2.75) is 0 Å². The SMILES string of the molecule is COc1cc(F)cnc1-c1nc(C(=O)O)cc(=O)[nH]1. The Morgan fingerprint density at radius 2 is 2.21 bits per heavy atom. The number of carboxylic acid groups (broad SMARTS) is 1. The number of rotatable bonds is 3. The summed E-state index contributed by atoms with van der Waals surface area (Å²) >= 11 is 0. The van der Waals surface area contributed by atoms with Gasteiger partial charge in [-0.15, -0.1) is 0 Å². The third-order valence-electron chi connectivity index (χ3n) is 2.22. The lowest BCUT2D eigenvalue weighted by Crippen LogP contribution is -2.14. The van der Waals surface area contributed by atoms with Crippen LogP contribution in [0.15, 0.2) is 23.1 Å². The minimum absolute atomic E-state index is 0.0330. The van der Waals surface area contributed by atoms with E-state index in [0.29, 0.717) is 0 Å². The van der Waals surface area contributed by atoms with E-state index in [-0.39, 0.29) is 17.3 Å². The van der Waals surface area contributed by atoms with Gasteiger partial charge in [0, 0.05) is 12.1 Å². The average Bonchev–Trinajstić information content (AvgIpc) is 2.37. The van der Waals surface area contributed by atoms with E-state index in [0.717, 1.165) is 18.3 Å². The molecule has 0 saturated carbocycles. The van der Waals surface area contributed by atoms with Crippen LogP contribution in [0.4, 0.5) is 4.39 Å². The number of pyridine rings is 1. The fourth-order valence-corrected chi connectivity index (χ4v) is 1.43. The number of aromatic carboxylic acids is 1. The number of carboxylic acids is 1. The summed E-state index contributed by atoms with van der Waals surface area (Å²) in [5.41, 5.74) is -1.05. The molecule has 0 aliphatic carbocycles. The molecule has 19 heavy (non-hydrogen) atoms. The van der Waals surface area contributed by atoms with Crippen LogP contribution in [-0.2, 0) is 0 Å². The molecule has 7 nitrogen and oxygen atoms in total. The first kappa shape index (κ1) is 12.7. The maximum absolute atomic E-state index is 13.0. The zero-order chi connectivity index (χ0) is 14.0. The van der Waals surface area contributed by atoms with Crippen LogP contribution in [0, 0.1) is 5.82 Å². The first-order chi connectivity index (χ1) is 9.01. The van der Waals surface area contributed by atoms with Gasteiger partial charge in [0.2, 0.25) is 0 Å². The Bertz CT molecular complexity index is 699. The Balaban J connectivity index is 2.65. The molecule has 0 unspecified atom stereocenters. The van der Waals surface area contributed by atoms with Crippen molar-refractivity contribution in [3.63, 3.8) is 0 Å². The Hall–Kier alpha value is -2.77. The summed E-state index contributed by atoms with van der Waals surface area (Å²) in [6, 6.07) is 1.89. The van der Waals surface area contributed by atoms with Gasteiger partial charge in [0.1, 0.15) is 11.5 Å². The molecule has 8 heteroatoms. The van der Waals surface area contributed by atoms with Crippen LogP contribution in [0.5, 0.6) is 5.75 Å². The van der Waals surface area contributed by atoms with Crippen molar-refractivity contribution in [1.29, 1.82) is 0 Å². The Morgan fingerprint density at radius 1 is 1.47 bits per heavy atom. The third kappa shape index (κ3) is 2.57. The van der Waals surface area contributed by atoms with E-state index in [9.17, 15) is 14.0 Å².